The molecule has 0 saturated carbocycles. The van der Waals surface area contributed by atoms with E-state index in [9.17, 15) is 22.8 Å². The second-order valence-electron chi connectivity index (χ2n) is 5.10. The van der Waals surface area contributed by atoms with Gasteiger partial charge in [-0.15, -0.1) is 0 Å². The molecule has 0 fully saturated rings. The van der Waals surface area contributed by atoms with Crippen molar-refractivity contribution in [2.75, 3.05) is 20.8 Å². The van der Waals surface area contributed by atoms with Gasteiger partial charge in [0.1, 0.15) is 5.92 Å². The number of Topliss-reactive ketones (excluding diaryl/α,β-unsaturated/α-hetero) is 1. The standard InChI is InChI=1S/C17H15F3O4/c1-23-9-12(16(22)24-2)15(21)14-11-6-4-3-5-10(11)7-8-13(14)17(18,19)20/h3-8,12H,9H2,1-2H3. The van der Waals surface area contributed by atoms with E-state index in [2.05, 4.69) is 4.74 Å². The van der Waals surface area contributed by atoms with Crippen LogP contribution in [0.25, 0.3) is 10.8 Å². The van der Waals surface area contributed by atoms with Gasteiger partial charge in [-0.25, -0.2) is 0 Å². The molecule has 24 heavy (non-hydrogen) atoms. The smallest absolute Gasteiger partial charge is 0.417 e. The predicted octanol–water partition coefficient (Wildman–Crippen LogP) is 3.48. The Bertz CT molecular complexity index is 768. The highest BCUT2D eigenvalue weighted by Crippen LogP contribution is 2.36. The number of ketones is 1. The Morgan fingerprint density at radius 2 is 1.75 bits per heavy atom. The molecular weight excluding hydrogens is 325 g/mol. The van der Waals surface area contributed by atoms with Crippen LogP contribution in [-0.4, -0.2) is 32.6 Å². The van der Waals surface area contributed by atoms with Crippen LogP contribution in [0.1, 0.15) is 15.9 Å². The number of carbonyl (C=O) groups excluding carboxylic acids is 2. The lowest BCUT2D eigenvalue weighted by Crippen LogP contribution is -2.31. The van der Waals surface area contributed by atoms with Gasteiger partial charge in [0.2, 0.25) is 0 Å². The number of carbonyl (C=O) groups is 2. The summed E-state index contributed by atoms with van der Waals surface area (Å²) in [4.78, 5) is 24.5. The third kappa shape index (κ3) is 3.41. The minimum atomic E-state index is -4.73. The Balaban J connectivity index is 2.71. The van der Waals surface area contributed by atoms with Crippen LogP contribution in [-0.2, 0) is 20.4 Å². The molecular formula is C17H15F3O4. The molecule has 7 heteroatoms. The highest BCUT2D eigenvalue weighted by Gasteiger charge is 2.39. The zero-order valence-electron chi connectivity index (χ0n) is 13.0. The molecule has 0 radical (unpaired) electrons. The van der Waals surface area contributed by atoms with Crippen molar-refractivity contribution >= 4 is 22.5 Å². The molecule has 0 N–H and O–H groups in total. The molecule has 2 rings (SSSR count). The normalized spacial score (nSPS) is 12.9. The van der Waals surface area contributed by atoms with Crippen LogP contribution in [0.4, 0.5) is 13.2 Å². The minimum Gasteiger partial charge on any atom is -0.468 e. The maximum absolute atomic E-state index is 13.4. The average molecular weight is 340 g/mol. The lowest BCUT2D eigenvalue weighted by molar-refractivity contribution is -0.145. The van der Waals surface area contributed by atoms with Crippen molar-refractivity contribution in [2.24, 2.45) is 5.92 Å². The topological polar surface area (TPSA) is 52.6 Å². The number of halogens is 3. The first-order chi connectivity index (χ1) is 11.3. The number of methoxy groups -OCH3 is 2. The van der Waals surface area contributed by atoms with Gasteiger partial charge in [-0.3, -0.25) is 9.59 Å². The van der Waals surface area contributed by atoms with Gasteiger partial charge >= 0.3 is 12.1 Å². The van der Waals surface area contributed by atoms with Crippen LogP contribution in [0.3, 0.4) is 0 Å². The molecule has 1 atom stereocenters. The van der Waals surface area contributed by atoms with Crippen molar-refractivity contribution in [3.63, 3.8) is 0 Å². The van der Waals surface area contributed by atoms with Crippen LogP contribution >= 0.6 is 0 Å². The maximum Gasteiger partial charge on any atom is 0.417 e. The monoisotopic (exact) mass is 340 g/mol. The van der Waals surface area contributed by atoms with Crippen molar-refractivity contribution < 1.29 is 32.2 Å². The summed E-state index contributed by atoms with van der Waals surface area (Å²) in [6.07, 6.45) is -4.73. The summed E-state index contributed by atoms with van der Waals surface area (Å²) >= 11 is 0. The SMILES string of the molecule is COCC(C(=O)OC)C(=O)c1c(C(F)(F)F)ccc2ccccc12. The first-order valence-electron chi connectivity index (χ1n) is 7.01. The van der Waals surface area contributed by atoms with Gasteiger partial charge in [0, 0.05) is 12.7 Å². The number of hydrogen-bond acceptors (Lipinski definition) is 4. The summed E-state index contributed by atoms with van der Waals surface area (Å²) in [6, 6.07) is 8.32. The van der Waals surface area contributed by atoms with E-state index in [-0.39, 0.29) is 12.0 Å². The van der Waals surface area contributed by atoms with Crippen molar-refractivity contribution in [3.05, 3.63) is 47.5 Å². The van der Waals surface area contributed by atoms with E-state index in [0.717, 1.165) is 13.2 Å². The van der Waals surface area contributed by atoms with Crippen LogP contribution in [0.5, 0.6) is 0 Å². The molecule has 0 saturated heterocycles. The molecule has 4 nitrogen and oxygen atoms in total. The predicted molar refractivity (Wildman–Crippen MR) is 80.7 cm³/mol. The lowest BCUT2D eigenvalue weighted by Gasteiger charge is -2.18. The number of rotatable bonds is 5. The molecule has 128 valence electrons. The summed E-state index contributed by atoms with van der Waals surface area (Å²) in [5.74, 6) is -3.39. The molecule has 0 aliphatic heterocycles. The molecule has 0 heterocycles. The Labute approximate surface area is 136 Å². The van der Waals surface area contributed by atoms with Crippen LogP contribution in [0.15, 0.2) is 36.4 Å². The van der Waals surface area contributed by atoms with Crippen LogP contribution < -0.4 is 0 Å². The van der Waals surface area contributed by atoms with Gasteiger partial charge in [0.15, 0.2) is 5.78 Å². The van der Waals surface area contributed by atoms with Crippen LogP contribution in [0.2, 0.25) is 0 Å². The van der Waals surface area contributed by atoms with Gasteiger partial charge < -0.3 is 9.47 Å². The highest BCUT2D eigenvalue weighted by atomic mass is 19.4. The summed E-state index contributed by atoms with van der Waals surface area (Å²) in [7, 11) is 2.31. The molecule has 2 aromatic rings. The van der Waals surface area contributed by atoms with Crippen molar-refractivity contribution in [2.45, 2.75) is 6.18 Å². The van der Waals surface area contributed by atoms with Gasteiger partial charge in [-0.1, -0.05) is 30.3 Å². The Morgan fingerprint density at radius 3 is 2.33 bits per heavy atom. The van der Waals surface area contributed by atoms with E-state index in [0.29, 0.717) is 5.39 Å². The van der Waals surface area contributed by atoms with E-state index in [4.69, 9.17) is 4.74 Å². The zero-order valence-corrected chi connectivity index (χ0v) is 13.0. The maximum atomic E-state index is 13.4. The van der Waals surface area contributed by atoms with Gasteiger partial charge in [0.05, 0.1) is 19.3 Å². The third-order valence-corrected chi connectivity index (χ3v) is 3.62. The van der Waals surface area contributed by atoms with E-state index in [1.165, 1.54) is 25.3 Å². The van der Waals surface area contributed by atoms with Gasteiger partial charge in [-0.2, -0.15) is 13.2 Å². The number of ether oxygens (including phenoxy) is 2. The first-order valence-corrected chi connectivity index (χ1v) is 7.01. The molecule has 0 aromatic heterocycles. The molecule has 0 amide bonds. The minimum absolute atomic E-state index is 0.127. The largest absolute Gasteiger partial charge is 0.468 e. The summed E-state index contributed by atoms with van der Waals surface area (Å²) in [5.41, 5.74) is -1.63. The second kappa shape index (κ2) is 7.00. The zero-order chi connectivity index (χ0) is 17.9. The molecule has 0 aliphatic carbocycles. The van der Waals surface area contributed by atoms with Gasteiger partial charge in [-0.05, 0) is 16.8 Å². The fraction of sp³-hybridized carbons (Fsp3) is 0.294. The van der Waals surface area contributed by atoms with E-state index >= 15 is 0 Å². The molecule has 0 aliphatic rings. The Kier molecular flexibility index (Phi) is 5.23. The van der Waals surface area contributed by atoms with Crippen molar-refractivity contribution in [1.29, 1.82) is 0 Å². The molecule has 0 spiro atoms. The highest BCUT2D eigenvalue weighted by molar-refractivity contribution is 6.16. The molecule has 0 bridgehead atoms. The van der Waals surface area contributed by atoms with E-state index < -0.39 is 35.0 Å². The van der Waals surface area contributed by atoms with E-state index in [1.807, 2.05) is 0 Å². The number of hydrogen-bond donors (Lipinski definition) is 0. The number of fused-ring (bicyclic) bond motifs is 1. The number of alkyl halides is 3. The quantitative estimate of drug-likeness (QED) is 0.475. The van der Waals surface area contributed by atoms with E-state index in [1.54, 1.807) is 12.1 Å². The fourth-order valence-electron chi connectivity index (χ4n) is 2.51. The number of benzene rings is 2. The average Bonchev–Trinajstić information content (AvgIpc) is 2.56. The first kappa shape index (κ1) is 17.9. The Hall–Kier alpha value is -2.41. The summed E-state index contributed by atoms with van der Waals surface area (Å²) in [6.45, 7) is -0.369. The molecule has 2 aromatic carbocycles. The second-order valence-corrected chi connectivity index (χ2v) is 5.10. The molecule has 1 unspecified atom stereocenters. The third-order valence-electron chi connectivity index (χ3n) is 3.62. The lowest BCUT2D eigenvalue weighted by atomic mass is 9.89. The van der Waals surface area contributed by atoms with Crippen molar-refractivity contribution in [3.8, 4) is 0 Å². The van der Waals surface area contributed by atoms with Crippen LogP contribution in [0, 0.1) is 5.92 Å². The van der Waals surface area contributed by atoms with Gasteiger partial charge in [0.25, 0.3) is 0 Å². The fourth-order valence-corrected chi connectivity index (χ4v) is 2.51. The Morgan fingerprint density at radius 1 is 1.08 bits per heavy atom. The summed E-state index contributed by atoms with van der Waals surface area (Å²) in [5, 5.41) is 0.595. The number of esters is 1. The van der Waals surface area contributed by atoms with Crippen molar-refractivity contribution in [1.82, 2.24) is 0 Å². The summed E-state index contributed by atoms with van der Waals surface area (Å²) < 4.78 is 49.4.